The highest BCUT2D eigenvalue weighted by molar-refractivity contribution is 5.91. The molecule has 4 atom stereocenters. The second-order valence-corrected chi connectivity index (χ2v) is 17.0. The number of alkyl carbamates (subject to hydrolysis) is 1. The minimum atomic E-state index is -1.20. The van der Waals surface area contributed by atoms with Crippen molar-refractivity contribution in [3.05, 3.63) is 84.7 Å². The number of benzene rings is 3. The number of aromatic nitrogens is 4. The largest absolute Gasteiger partial charge is 0.465 e. The Kier molecular flexibility index (Phi) is 12.4. The molecule has 4 aliphatic heterocycles. The zero-order valence-corrected chi connectivity index (χ0v) is 35.4. The summed E-state index contributed by atoms with van der Waals surface area (Å²) in [7, 11) is 1.31. The average Bonchev–Trinajstić information content (AvgIpc) is 4.17. The number of H-pyrrole nitrogens is 2. The minimum Gasteiger partial charge on any atom is -0.465 e. The van der Waals surface area contributed by atoms with Crippen molar-refractivity contribution in [2.75, 3.05) is 46.6 Å². The highest BCUT2D eigenvalue weighted by Gasteiger charge is 2.41. The summed E-state index contributed by atoms with van der Waals surface area (Å²) in [5.74, 6) is 0.961. The number of fused-ring (bicyclic) bond motifs is 1. The number of carbonyl (C=O) groups is 4. The van der Waals surface area contributed by atoms with Crippen LogP contribution in [0.3, 0.4) is 0 Å². The van der Waals surface area contributed by atoms with Gasteiger partial charge in [0, 0.05) is 45.1 Å². The van der Waals surface area contributed by atoms with Crippen molar-refractivity contribution in [1.82, 2.24) is 40.4 Å². The summed E-state index contributed by atoms with van der Waals surface area (Å²) in [6.45, 7) is 3.28. The van der Waals surface area contributed by atoms with Gasteiger partial charge in [0.05, 0.1) is 43.0 Å². The molecule has 63 heavy (non-hydrogen) atoms. The highest BCUT2D eigenvalue weighted by Crippen LogP contribution is 2.37. The molecule has 0 spiro atoms. The molecule has 0 aliphatic carbocycles. The topological polar surface area (TPSA) is 204 Å². The van der Waals surface area contributed by atoms with E-state index in [1.807, 2.05) is 11.1 Å². The van der Waals surface area contributed by atoms with Gasteiger partial charge in [0.25, 0.3) is 0 Å². The smallest absolute Gasteiger partial charge is 0.407 e. The Morgan fingerprint density at radius 2 is 1.11 bits per heavy atom. The number of imidazole rings is 2. The van der Waals surface area contributed by atoms with Gasteiger partial charge in [-0.15, -0.1) is 0 Å². The molecule has 5 aromatic rings. The molecule has 4 saturated heterocycles. The van der Waals surface area contributed by atoms with Crippen LogP contribution in [-0.4, -0.2) is 118 Å². The second kappa shape index (κ2) is 18.6. The number of likely N-dealkylation sites (tertiary alicyclic amines) is 2. The molecule has 6 heterocycles. The summed E-state index contributed by atoms with van der Waals surface area (Å²) in [5, 5.41) is 17.1. The maximum Gasteiger partial charge on any atom is 0.407 e. The molecule has 4 aliphatic rings. The maximum atomic E-state index is 14.0. The van der Waals surface area contributed by atoms with Crippen LogP contribution in [0.15, 0.2) is 73.1 Å². The Morgan fingerprint density at radius 3 is 1.63 bits per heavy atom. The van der Waals surface area contributed by atoms with E-state index in [4.69, 9.17) is 24.2 Å². The Labute approximate surface area is 365 Å². The molecule has 4 amide bonds. The van der Waals surface area contributed by atoms with E-state index in [-0.39, 0.29) is 35.7 Å². The van der Waals surface area contributed by atoms with Crippen molar-refractivity contribution in [1.29, 1.82) is 0 Å². The van der Waals surface area contributed by atoms with E-state index >= 15 is 0 Å². The van der Waals surface area contributed by atoms with Gasteiger partial charge in [-0.1, -0.05) is 48.5 Å². The lowest BCUT2D eigenvalue weighted by Gasteiger charge is -2.34. The van der Waals surface area contributed by atoms with Crippen LogP contribution in [0.25, 0.3) is 44.4 Å². The summed E-state index contributed by atoms with van der Waals surface area (Å²) in [6.07, 6.45) is 7.63. The van der Waals surface area contributed by atoms with E-state index in [1.165, 1.54) is 7.11 Å². The quantitative estimate of drug-likeness (QED) is 0.0937. The number of ether oxygens (including phenoxy) is 3. The standard InChI is InChI=1S/C47H54N8O8/c1-61-47(60)53-41(31-16-22-63-23-17-31)45(57)55-19-3-5-39(55)43-49-27-37(51-43)35-13-12-33-24-32(10-11-34(33)25-35)28-6-8-29(9-7-28)36-26-48-42(50-36)38-4-2-18-54(38)44(56)40(52-46(58)59)30-14-20-62-21-15-30/h6-13,24-27,30-31,38-41,52H,2-5,14-23H2,1H3,(H,48,50)(H,49,51)(H,53,60)(H,58,59)/t38-,39-,40-,41-/m0/s1. The predicted molar refractivity (Wildman–Crippen MR) is 233 cm³/mol. The van der Waals surface area contributed by atoms with Crippen molar-refractivity contribution in [2.45, 2.75) is 75.5 Å². The maximum absolute atomic E-state index is 14.0. The molecule has 3 aromatic carbocycles. The summed E-state index contributed by atoms with van der Waals surface area (Å²) >= 11 is 0. The fraction of sp³-hybridized carbons (Fsp3) is 0.447. The number of rotatable bonds is 11. The first kappa shape index (κ1) is 42.1. The van der Waals surface area contributed by atoms with Gasteiger partial charge in [-0.2, -0.15) is 0 Å². The van der Waals surface area contributed by atoms with E-state index in [9.17, 15) is 24.3 Å². The Morgan fingerprint density at radius 1 is 0.651 bits per heavy atom. The van der Waals surface area contributed by atoms with Crippen LogP contribution in [0, 0.1) is 11.8 Å². The van der Waals surface area contributed by atoms with Crippen LogP contribution in [0.1, 0.15) is 75.1 Å². The van der Waals surface area contributed by atoms with Crippen molar-refractivity contribution in [2.24, 2.45) is 11.8 Å². The zero-order valence-electron chi connectivity index (χ0n) is 35.4. The van der Waals surface area contributed by atoms with Gasteiger partial charge in [-0.3, -0.25) is 9.59 Å². The third-order valence-corrected chi connectivity index (χ3v) is 13.3. The Hall–Kier alpha value is -6.26. The lowest BCUT2D eigenvalue weighted by atomic mass is 9.90. The molecule has 0 radical (unpaired) electrons. The second-order valence-electron chi connectivity index (χ2n) is 17.0. The first-order chi connectivity index (χ1) is 30.7. The Balaban J connectivity index is 0.863. The molecular formula is C47H54N8O8. The number of nitrogens with one attached hydrogen (secondary N) is 4. The molecule has 16 nitrogen and oxygen atoms in total. The number of nitrogens with zero attached hydrogens (tertiary/aromatic N) is 4. The van der Waals surface area contributed by atoms with Gasteiger partial charge in [-0.25, -0.2) is 19.6 Å². The van der Waals surface area contributed by atoms with Crippen molar-refractivity contribution in [3.8, 4) is 33.6 Å². The van der Waals surface area contributed by atoms with Gasteiger partial charge in [0.2, 0.25) is 11.8 Å². The summed E-state index contributed by atoms with van der Waals surface area (Å²) in [4.78, 5) is 71.9. The van der Waals surface area contributed by atoms with Crippen molar-refractivity contribution in [3.63, 3.8) is 0 Å². The van der Waals surface area contributed by atoms with E-state index in [2.05, 4.69) is 81.3 Å². The number of aromatic amines is 2. The van der Waals surface area contributed by atoms with E-state index in [1.54, 1.807) is 11.1 Å². The molecule has 0 unspecified atom stereocenters. The van der Waals surface area contributed by atoms with Crippen LogP contribution < -0.4 is 10.6 Å². The van der Waals surface area contributed by atoms with E-state index < -0.39 is 24.3 Å². The molecule has 5 N–H and O–H groups in total. The molecule has 9 rings (SSSR count). The van der Waals surface area contributed by atoms with Crippen molar-refractivity contribution >= 4 is 34.8 Å². The highest BCUT2D eigenvalue weighted by atomic mass is 16.5. The number of carboxylic acid groups (broad SMARTS) is 1. The van der Waals surface area contributed by atoms with Crippen LogP contribution in [0.5, 0.6) is 0 Å². The predicted octanol–water partition coefficient (Wildman–Crippen LogP) is 6.83. The first-order valence-electron chi connectivity index (χ1n) is 22.1. The number of hydrogen-bond donors (Lipinski definition) is 5. The van der Waals surface area contributed by atoms with Gasteiger partial charge < -0.3 is 49.7 Å². The minimum absolute atomic E-state index is 0.0315. The normalized spacial score (nSPS) is 20.7. The van der Waals surface area contributed by atoms with Crippen LogP contribution in [0.2, 0.25) is 0 Å². The lowest BCUT2D eigenvalue weighted by molar-refractivity contribution is -0.137. The summed E-state index contributed by atoms with van der Waals surface area (Å²) < 4.78 is 15.9. The van der Waals surface area contributed by atoms with Gasteiger partial charge in [0.1, 0.15) is 23.7 Å². The third-order valence-electron chi connectivity index (χ3n) is 13.3. The third kappa shape index (κ3) is 9.00. The molecule has 330 valence electrons. The molecule has 16 heteroatoms. The lowest BCUT2D eigenvalue weighted by Crippen LogP contribution is -2.53. The van der Waals surface area contributed by atoms with Gasteiger partial charge in [0.15, 0.2) is 0 Å². The van der Waals surface area contributed by atoms with Gasteiger partial charge >= 0.3 is 12.2 Å². The van der Waals surface area contributed by atoms with Gasteiger partial charge in [-0.05, 0) is 103 Å². The number of methoxy groups -OCH3 is 1. The first-order valence-corrected chi connectivity index (χ1v) is 22.1. The average molecular weight is 859 g/mol. The summed E-state index contributed by atoms with van der Waals surface area (Å²) in [6, 6.07) is 19.1. The number of carbonyl (C=O) groups excluding carboxylic acids is 3. The molecule has 0 saturated carbocycles. The molecule has 2 aromatic heterocycles. The monoisotopic (exact) mass is 858 g/mol. The number of amides is 4. The fourth-order valence-corrected chi connectivity index (χ4v) is 9.91. The van der Waals surface area contributed by atoms with E-state index in [0.29, 0.717) is 71.0 Å². The van der Waals surface area contributed by atoms with Crippen molar-refractivity contribution < 1.29 is 38.5 Å². The fourth-order valence-electron chi connectivity index (χ4n) is 9.91. The van der Waals surface area contributed by atoms with Crippen LogP contribution >= 0.6 is 0 Å². The number of hydrogen-bond acceptors (Lipinski definition) is 9. The zero-order chi connectivity index (χ0) is 43.5. The SMILES string of the molecule is COC(=O)N[C@H](C(=O)N1CCC[C@H]1c1ncc(-c2ccc3cc(-c4ccc(-c5cnc([C@@H]6CCCN6C(=O)[C@@H](NC(=O)O)C6CCOCC6)[nH]5)cc4)ccc3c2)[nH]1)C1CCOCC1. The summed E-state index contributed by atoms with van der Waals surface area (Å²) in [5.41, 5.74) is 5.81. The van der Waals surface area contributed by atoms with E-state index in [0.717, 1.165) is 75.9 Å². The Bertz CT molecular complexity index is 2440. The molecule has 4 fully saturated rings. The van der Waals surface area contributed by atoms with Crippen LogP contribution in [0.4, 0.5) is 9.59 Å². The molecule has 0 bridgehead atoms. The molecular weight excluding hydrogens is 805 g/mol. The van der Waals surface area contributed by atoms with Crippen LogP contribution in [-0.2, 0) is 23.8 Å².